The Hall–Kier alpha value is -2.93. The van der Waals surface area contributed by atoms with Crippen molar-refractivity contribution in [2.24, 2.45) is 0 Å². The van der Waals surface area contributed by atoms with E-state index in [1.165, 1.54) is 0 Å². The van der Waals surface area contributed by atoms with Gasteiger partial charge in [-0.05, 0) is 50.2 Å². The van der Waals surface area contributed by atoms with Crippen molar-refractivity contribution in [1.29, 1.82) is 0 Å². The molecule has 7 heteroatoms. The van der Waals surface area contributed by atoms with E-state index in [0.717, 1.165) is 36.5 Å². The average Bonchev–Trinajstić information content (AvgIpc) is 3.23. The third-order valence-electron chi connectivity index (χ3n) is 5.81. The normalized spacial score (nSPS) is 16.8. The summed E-state index contributed by atoms with van der Waals surface area (Å²) < 4.78 is 11.2. The molecule has 0 amide bonds. The van der Waals surface area contributed by atoms with Crippen molar-refractivity contribution in [3.05, 3.63) is 46.4 Å². The lowest BCUT2D eigenvalue weighted by atomic mass is 9.98. The van der Waals surface area contributed by atoms with Crippen molar-refractivity contribution in [2.75, 3.05) is 39.2 Å². The fraction of sp³-hybridized carbons (Fsp3) is 0.435. The van der Waals surface area contributed by atoms with Crippen LogP contribution in [0, 0.1) is 0 Å². The van der Waals surface area contributed by atoms with Crippen LogP contribution in [0.4, 0.5) is 5.82 Å². The molecule has 0 aliphatic carbocycles. The van der Waals surface area contributed by atoms with Crippen molar-refractivity contribution < 1.29 is 9.15 Å². The minimum Gasteiger partial charge on any atom is -0.497 e. The maximum Gasteiger partial charge on any atom is 0.347 e. The van der Waals surface area contributed by atoms with Gasteiger partial charge in [-0.25, -0.2) is 14.8 Å². The Bertz CT molecular complexity index is 1120. The van der Waals surface area contributed by atoms with Crippen molar-refractivity contribution in [2.45, 2.75) is 32.2 Å². The summed E-state index contributed by atoms with van der Waals surface area (Å²) in [6.45, 7) is 5.85. The fourth-order valence-electron chi connectivity index (χ4n) is 4.06. The molecule has 7 nitrogen and oxygen atoms in total. The first-order valence-electron chi connectivity index (χ1n) is 10.3. The molecule has 1 aromatic carbocycles. The standard InChI is InChI=1S/C23H28N4O3/c1-14(2)18-11-16(29-5)12-19-20(18)23(28)30-22(25-19)17-7-6-9-24-21(17)27-10-8-15(13-27)26(3)4/h6-7,9,11-12,14-15H,8,10,13H2,1-5H3/t15-/m0/s1. The molecule has 4 rings (SSSR count). The number of ether oxygens (including phenoxy) is 1. The average molecular weight is 409 g/mol. The molecule has 3 aromatic rings. The Balaban J connectivity index is 1.84. The van der Waals surface area contributed by atoms with Gasteiger partial charge in [0.2, 0.25) is 5.89 Å². The largest absolute Gasteiger partial charge is 0.497 e. The highest BCUT2D eigenvalue weighted by Gasteiger charge is 2.28. The predicted octanol–water partition coefficient (Wildman–Crippen LogP) is 3.52. The van der Waals surface area contributed by atoms with E-state index >= 15 is 0 Å². The number of anilines is 1. The van der Waals surface area contributed by atoms with Gasteiger partial charge in [0, 0.05) is 31.4 Å². The second-order valence-corrected chi connectivity index (χ2v) is 8.30. The lowest BCUT2D eigenvalue weighted by Crippen LogP contribution is -2.31. The maximum atomic E-state index is 13.0. The Labute approximate surface area is 176 Å². The molecule has 158 valence electrons. The van der Waals surface area contributed by atoms with Crippen LogP contribution in [0.15, 0.2) is 39.7 Å². The van der Waals surface area contributed by atoms with Crippen LogP contribution in [-0.2, 0) is 0 Å². The SMILES string of the molecule is COc1cc(C(C)C)c2c(=O)oc(-c3cccnc3N3CC[C@H](N(C)C)C3)nc2c1. The van der Waals surface area contributed by atoms with Crippen molar-refractivity contribution in [3.8, 4) is 17.2 Å². The monoisotopic (exact) mass is 408 g/mol. The molecule has 30 heavy (non-hydrogen) atoms. The zero-order valence-electron chi connectivity index (χ0n) is 18.2. The highest BCUT2D eigenvalue weighted by atomic mass is 16.5. The zero-order valence-corrected chi connectivity index (χ0v) is 18.2. The van der Waals surface area contributed by atoms with Gasteiger partial charge in [0.05, 0.1) is 23.6 Å². The molecule has 0 radical (unpaired) electrons. The summed E-state index contributed by atoms with van der Waals surface area (Å²) in [7, 11) is 5.81. The molecule has 1 aliphatic rings. The number of hydrogen-bond acceptors (Lipinski definition) is 7. The molecule has 0 unspecified atom stereocenters. The number of hydrogen-bond donors (Lipinski definition) is 0. The molecule has 0 saturated carbocycles. The fourth-order valence-corrected chi connectivity index (χ4v) is 4.06. The van der Waals surface area contributed by atoms with Gasteiger partial charge in [0.15, 0.2) is 0 Å². The first-order chi connectivity index (χ1) is 14.4. The molecule has 0 spiro atoms. The zero-order chi connectivity index (χ0) is 21.4. The van der Waals surface area contributed by atoms with Gasteiger partial charge in [-0.3, -0.25) is 0 Å². The second kappa shape index (κ2) is 8.07. The van der Waals surface area contributed by atoms with Gasteiger partial charge in [0.1, 0.15) is 11.6 Å². The number of pyridine rings is 1. The lowest BCUT2D eigenvalue weighted by molar-refractivity contribution is 0.315. The molecule has 1 aliphatic heterocycles. The summed E-state index contributed by atoms with van der Waals surface area (Å²) in [6, 6.07) is 7.89. The quantitative estimate of drug-likeness (QED) is 0.640. The number of rotatable bonds is 5. The van der Waals surface area contributed by atoms with Gasteiger partial charge < -0.3 is 19.0 Å². The van der Waals surface area contributed by atoms with E-state index in [0.29, 0.717) is 22.7 Å². The van der Waals surface area contributed by atoms with Crippen LogP contribution in [0.2, 0.25) is 0 Å². The van der Waals surface area contributed by atoms with Gasteiger partial charge in [-0.1, -0.05) is 13.8 Å². The van der Waals surface area contributed by atoms with Crippen molar-refractivity contribution >= 4 is 16.7 Å². The Morgan fingerprint density at radius 2 is 2.10 bits per heavy atom. The van der Waals surface area contributed by atoms with Crippen LogP contribution in [0.1, 0.15) is 31.7 Å². The molecule has 1 saturated heterocycles. The van der Waals surface area contributed by atoms with E-state index in [4.69, 9.17) is 14.1 Å². The molecule has 1 atom stereocenters. The van der Waals surface area contributed by atoms with E-state index < -0.39 is 0 Å². The van der Waals surface area contributed by atoms with E-state index in [1.54, 1.807) is 19.4 Å². The molecular formula is C23H28N4O3. The summed E-state index contributed by atoms with van der Waals surface area (Å²) in [5.41, 5.74) is 1.79. The number of fused-ring (bicyclic) bond motifs is 1. The number of nitrogens with zero attached hydrogens (tertiary/aromatic N) is 4. The highest BCUT2D eigenvalue weighted by Crippen LogP contribution is 2.33. The first-order valence-corrected chi connectivity index (χ1v) is 10.3. The van der Waals surface area contributed by atoms with E-state index in [-0.39, 0.29) is 17.4 Å². The predicted molar refractivity (Wildman–Crippen MR) is 118 cm³/mol. The minimum atomic E-state index is -0.385. The highest BCUT2D eigenvalue weighted by molar-refractivity contribution is 5.85. The van der Waals surface area contributed by atoms with Gasteiger partial charge in [-0.2, -0.15) is 0 Å². The summed E-state index contributed by atoms with van der Waals surface area (Å²) >= 11 is 0. The van der Waals surface area contributed by atoms with Gasteiger partial charge >= 0.3 is 5.63 Å². The molecule has 0 bridgehead atoms. The molecular weight excluding hydrogens is 380 g/mol. The van der Waals surface area contributed by atoms with Gasteiger partial charge in [0.25, 0.3) is 0 Å². The molecule has 0 N–H and O–H groups in total. The van der Waals surface area contributed by atoms with Crippen LogP contribution in [0.3, 0.4) is 0 Å². The van der Waals surface area contributed by atoms with E-state index in [2.05, 4.69) is 28.9 Å². The number of benzene rings is 1. The van der Waals surface area contributed by atoms with Crippen molar-refractivity contribution in [3.63, 3.8) is 0 Å². The second-order valence-electron chi connectivity index (χ2n) is 8.30. The van der Waals surface area contributed by atoms with E-state index in [1.807, 2.05) is 32.0 Å². The number of aromatic nitrogens is 2. The van der Waals surface area contributed by atoms with Crippen LogP contribution in [0.5, 0.6) is 5.75 Å². The van der Waals surface area contributed by atoms with Gasteiger partial charge in [-0.15, -0.1) is 0 Å². The Morgan fingerprint density at radius 3 is 2.77 bits per heavy atom. The summed E-state index contributed by atoms with van der Waals surface area (Å²) in [5, 5.41) is 0.508. The summed E-state index contributed by atoms with van der Waals surface area (Å²) in [5.74, 6) is 1.89. The third kappa shape index (κ3) is 3.65. The lowest BCUT2D eigenvalue weighted by Gasteiger charge is -2.22. The minimum absolute atomic E-state index is 0.139. The maximum absolute atomic E-state index is 13.0. The molecule has 3 heterocycles. The third-order valence-corrected chi connectivity index (χ3v) is 5.81. The number of methoxy groups -OCH3 is 1. The topological polar surface area (TPSA) is 71.7 Å². The van der Waals surface area contributed by atoms with Crippen LogP contribution >= 0.6 is 0 Å². The molecule has 2 aromatic heterocycles. The first kappa shape index (κ1) is 20.3. The van der Waals surface area contributed by atoms with Crippen LogP contribution < -0.4 is 15.3 Å². The van der Waals surface area contributed by atoms with E-state index in [9.17, 15) is 4.79 Å². The smallest absolute Gasteiger partial charge is 0.347 e. The Morgan fingerprint density at radius 1 is 1.30 bits per heavy atom. The summed E-state index contributed by atoms with van der Waals surface area (Å²) in [4.78, 5) is 26.8. The number of likely N-dealkylation sites (N-methyl/N-ethyl adjacent to an activating group) is 1. The van der Waals surface area contributed by atoms with Crippen molar-refractivity contribution in [1.82, 2.24) is 14.9 Å². The van der Waals surface area contributed by atoms with Crippen LogP contribution in [0.25, 0.3) is 22.4 Å². The molecule has 1 fully saturated rings. The van der Waals surface area contributed by atoms with Crippen LogP contribution in [-0.4, -0.2) is 55.2 Å². The Kier molecular flexibility index (Phi) is 5.47. The summed E-state index contributed by atoms with van der Waals surface area (Å²) in [6.07, 6.45) is 2.83.